The number of aromatic nitrogens is 1. The summed E-state index contributed by atoms with van der Waals surface area (Å²) in [4.78, 5) is 27.5. The van der Waals surface area contributed by atoms with Crippen molar-refractivity contribution in [2.24, 2.45) is 0 Å². The number of H-pyrrole nitrogens is 1. The van der Waals surface area contributed by atoms with Gasteiger partial charge in [0.15, 0.2) is 0 Å². The molecule has 1 N–H and O–H groups in total. The molecule has 0 spiro atoms. The normalized spacial score (nSPS) is 10.5. The molecule has 0 aliphatic heterocycles. The largest absolute Gasteiger partial charge is 0.462 e. The molecule has 4 nitrogen and oxygen atoms in total. The molecule has 0 aliphatic carbocycles. The molecule has 25 heavy (non-hydrogen) atoms. The lowest BCUT2D eigenvalue weighted by Gasteiger charge is -2.14. The van der Waals surface area contributed by atoms with Gasteiger partial charge in [0.25, 0.3) is 0 Å². The summed E-state index contributed by atoms with van der Waals surface area (Å²) in [6.45, 7) is 1.92. The van der Waals surface area contributed by atoms with Gasteiger partial charge in [-0.1, -0.05) is 42.5 Å². The van der Waals surface area contributed by atoms with Crippen LogP contribution in [0.4, 0.5) is 4.39 Å². The molecule has 5 heteroatoms. The molecule has 0 amide bonds. The van der Waals surface area contributed by atoms with Gasteiger partial charge >= 0.3 is 5.97 Å². The van der Waals surface area contributed by atoms with Gasteiger partial charge in [0.1, 0.15) is 5.82 Å². The first-order valence-electron chi connectivity index (χ1n) is 7.86. The number of nitrogens with one attached hydrogen (secondary N) is 1. The van der Waals surface area contributed by atoms with E-state index in [4.69, 9.17) is 4.74 Å². The Morgan fingerprint density at radius 2 is 1.72 bits per heavy atom. The van der Waals surface area contributed by atoms with Crippen molar-refractivity contribution in [3.05, 3.63) is 82.4 Å². The SMILES string of the molecule is CCOC(=O)c1c(-c2ccc(F)cc2)cc(=O)[nH]c1-c1ccccc1. The number of ether oxygens (including phenoxy) is 1. The number of halogens is 1. The second kappa shape index (κ2) is 7.13. The van der Waals surface area contributed by atoms with Crippen molar-refractivity contribution in [2.45, 2.75) is 6.92 Å². The first-order valence-corrected chi connectivity index (χ1v) is 7.86. The van der Waals surface area contributed by atoms with Gasteiger partial charge in [-0.25, -0.2) is 9.18 Å². The Morgan fingerprint density at radius 1 is 1.04 bits per heavy atom. The van der Waals surface area contributed by atoms with E-state index >= 15 is 0 Å². The standard InChI is InChI=1S/C20H16FNO3/c1-2-25-20(24)18-16(13-8-10-15(21)11-9-13)12-17(23)22-19(18)14-6-4-3-5-7-14/h3-12H,2H2,1H3,(H,22,23). The molecule has 0 atom stereocenters. The summed E-state index contributed by atoms with van der Waals surface area (Å²) in [7, 11) is 0. The van der Waals surface area contributed by atoms with Crippen molar-refractivity contribution in [3.8, 4) is 22.4 Å². The van der Waals surface area contributed by atoms with Crippen molar-refractivity contribution >= 4 is 5.97 Å². The quantitative estimate of drug-likeness (QED) is 0.731. The molecule has 0 bridgehead atoms. The Kier molecular flexibility index (Phi) is 4.75. The molecule has 0 radical (unpaired) electrons. The van der Waals surface area contributed by atoms with E-state index in [0.717, 1.165) is 0 Å². The van der Waals surface area contributed by atoms with Crippen molar-refractivity contribution in [2.75, 3.05) is 6.61 Å². The van der Waals surface area contributed by atoms with Crippen LogP contribution in [-0.4, -0.2) is 17.6 Å². The number of hydrogen-bond donors (Lipinski definition) is 1. The highest BCUT2D eigenvalue weighted by atomic mass is 19.1. The second-order valence-electron chi connectivity index (χ2n) is 5.39. The van der Waals surface area contributed by atoms with Gasteiger partial charge in [0.2, 0.25) is 5.56 Å². The number of rotatable bonds is 4. The fourth-order valence-corrected chi connectivity index (χ4v) is 2.65. The molecular weight excluding hydrogens is 321 g/mol. The van der Waals surface area contributed by atoms with Crippen LogP contribution in [0.1, 0.15) is 17.3 Å². The van der Waals surface area contributed by atoms with Crippen LogP contribution in [0.5, 0.6) is 0 Å². The molecule has 126 valence electrons. The lowest BCUT2D eigenvalue weighted by Crippen LogP contribution is -2.15. The molecule has 2 aromatic carbocycles. The minimum atomic E-state index is -0.545. The summed E-state index contributed by atoms with van der Waals surface area (Å²) in [5, 5.41) is 0. The molecule has 0 aliphatic rings. The van der Waals surface area contributed by atoms with E-state index in [1.807, 2.05) is 18.2 Å². The Hall–Kier alpha value is -3.21. The lowest BCUT2D eigenvalue weighted by atomic mass is 9.96. The summed E-state index contributed by atoms with van der Waals surface area (Å²) in [5.74, 6) is -0.938. The van der Waals surface area contributed by atoms with Crippen molar-refractivity contribution in [1.29, 1.82) is 0 Å². The monoisotopic (exact) mass is 337 g/mol. The van der Waals surface area contributed by atoms with Crippen LogP contribution in [0.25, 0.3) is 22.4 Å². The Bertz CT molecular complexity index is 947. The van der Waals surface area contributed by atoms with Crippen LogP contribution in [0, 0.1) is 5.82 Å². The van der Waals surface area contributed by atoms with Gasteiger partial charge in [-0.2, -0.15) is 0 Å². The number of carbonyl (C=O) groups excluding carboxylic acids is 1. The van der Waals surface area contributed by atoms with E-state index < -0.39 is 11.8 Å². The minimum absolute atomic E-state index is 0.203. The van der Waals surface area contributed by atoms with E-state index in [1.54, 1.807) is 19.1 Å². The van der Waals surface area contributed by atoms with E-state index in [2.05, 4.69) is 4.98 Å². The predicted molar refractivity (Wildman–Crippen MR) is 93.8 cm³/mol. The summed E-state index contributed by atoms with van der Waals surface area (Å²) >= 11 is 0. The topological polar surface area (TPSA) is 59.2 Å². The first-order chi connectivity index (χ1) is 12.1. The molecule has 1 aromatic heterocycles. The van der Waals surface area contributed by atoms with Crippen LogP contribution in [0.2, 0.25) is 0 Å². The highest BCUT2D eigenvalue weighted by Gasteiger charge is 2.21. The minimum Gasteiger partial charge on any atom is -0.462 e. The van der Waals surface area contributed by atoms with Gasteiger partial charge in [-0.15, -0.1) is 0 Å². The maximum Gasteiger partial charge on any atom is 0.340 e. The van der Waals surface area contributed by atoms with Gasteiger partial charge in [-0.3, -0.25) is 4.79 Å². The Morgan fingerprint density at radius 3 is 2.36 bits per heavy atom. The third-order valence-corrected chi connectivity index (χ3v) is 3.74. The first kappa shape index (κ1) is 16.6. The lowest BCUT2D eigenvalue weighted by molar-refractivity contribution is 0.0528. The number of esters is 1. The van der Waals surface area contributed by atoms with Gasteiger partial charge in [0.05, 0.1) is 17.9 Å². The zero-order chi connectivity index (χ0) is 17.8. The molecule has 0 fully saturated rings. The average molecular weight is 337 g/mol. The Labute approximate surface area is 143 Å². The number of benzene rings is 2. The van der Waals surface area contributed by atoms with Gasteiger partial charge < -0.3 is 9.72 Å². The number of aromatic amines is 1. The highest BCUT2D eigenvalue weighted by molar-refractivity contribution is 6.03. The van der Waals surface area contributed by atoms with E-state index in [0.29, 0.717) is 22.4 Å². The van der Waals surface area contributed by atoms with Gasteiger partial charge in [0, 0.05) is 11.6 Å². The highest BCUT2D eigenvalue weighted by Crippen LogP contribution is 2.30. The molecule has 1 heterocycles. The van der Waals surface area contributed by atoms with Crippen LogP contribution < -0.4 is 5.56 Å². The van der Waals surface area contributed by atoms with E-state index in [9.17, 15) is 14.0 Å². The molecule has 0 saturated carbocycles. The van der Waals surface area contributed by atoms with Crippen LogP contribution >= 0.6 is 0 Å². The predicted octanol–water partition coefficient (Wildman–Crippen LogP) is 4.02. The Balaban J connectivity index is 2.30. The summed E-state index contributed by atoms with van der Waals surface area (Å²) in [6, 6.07) is 16.0. The smallest absolute Gasteiger partial charge is 0.340 e. The maximum absolute atomic E-state index is 13.2. The van der Waals surface area contributed by atoms with Crippen molar-refractivity contribution in [3.63, 3.8) is 0 Å². The number of pyridine rings is 1. The molecule has 3 aromatic rings. The fourth-order valence-electron chi connectivity index (χ4n) is 2.65. The third-order valence-electron chi connectivity index (χ3n) is 3.74. The summed E-state index contributed by atoms with van der Waals surface area (Å²) in [6.07, 6.45) is 0. The molecular formula is C20H16FNO3. The number of hydrogen-bond acceptors (Lipinski definition) is 3. The maximum atomic E-state index is 13.2. The van der Waals surface area contributed by atoms with Crippen LogP contribution in [-0.2, 0) is 4.74 Å². The second-order valence-corrected chi connectivity index (χ2v) is 5.39. The van der Waals surface area contributed by atoms with Crippen LogP contribution in [0.3, 0.4) is 0 Å². The zero-order valence-electron chi connectivity index (χ0n) is 13.6. The summed E-state index contributed by atoms with van der Waals surface area (Å²) < 4.78 is 18.4. The number of carbonyl (C=O) groups is 1. The molecule has 0 unspecified atom stereocenters. The van der Waals surface area contributed by atoms with E-state index in [1.165, 1.54) is 30.3 Å². The van der Waals surface area contributed by atoms with E-state index in [-0.39, 0.29) is 17.7 Å². The van der Waals surface area contributed by atoms with Gasteiger partial charge in [-0.05, 0) is 30.2 Å². The zero-order valence-corrected chi connectivity index (χ0v) is 13.6. The summed E-state index contributed by atoms with van der Waals surface area (Å²) in [5.41, 5.74) is 1.93. The molecule has 3 rings (SSSR count). The van der Waals surface area contributed by atoms with Crippen LogP contribution in [0.15, 0.2) is 65.5 Å². The fraction of sp³-hybridized carbons (Fsp3) is 0.100. The third kappa shape index (κ3) is 3.50. The van der Waals surface area contributed by atoms with Crippen molar-refractivity contribution in [1.82, 2.24) is 4.98 Å². The van der Waals surface area contributed by atoms with Crippen molar-refractivity contribution < 1.29 is 13.9 Å². The molecule has 0 saturated heterocycles. The average Bonchev–Trinajstić information content (AvgIpc) is 2.62.